The molecule has 3 aromatic carbocycles. The molecule has 2 spiro atoms. The Morgan fingerprint density at radius 2 is 1.61 bits per heavy atom. The molecule has 0 unspecified atom stereocenters. The van der Waals surface area contributed by atoms with Crippen LogP contribution in [0.1, 0.15) is 106 Å². The average Bonchev–Trinajstić information content (AvgIpc) is 3.32. The number of fused-ring (bicyclic) bond motifs is 2. The summed E-state index contributed by atoms with van der Waals surface area (Å²) in [6.45, 7) is 18.5. The van der Waals surface area contributed by atoms with Gasteiger partial charge in [0.2, 0.25) is 5.91 Å². The van der Waals surface area contributed by atoms with Gasteiger partial charge in [0.25, 0.3) is 5.91 Å². The van der Waals surface area contributed by atoms with Gasteiger partial charge in [0.05, 0.1) is 24.8 Å². The van der Waals surface area contributed by atoms with Crippen LogP contribution in [0.3, 0.4) is 0 Å². The van der Waals surface area contributed by atoms with Crippen LogP contribution in [0.2, 0.25) is 25.7 Å². The Morgan fingerprint density at radius 1 is 0.835 bits per heavy atom. The van der Waals surface area contributed by atoms with Gasteiger partial charge in [-0.1, -0.05) is 32.6 Å². The van der Waals surface area contributed by atoms with E-state index in [-0.39, 0.29) is 71.2 Å². The van der Waals surface area contributed by atoms with Crippen molar-refractivity contribution in [3.63, 3.8) is 0 Å². The third-order valence-electron chi connectivity index (χ3n) is 20.1. The van der Waals surface area contributed by atoms with E-state index in [0.717, 1.165) is 90.3 Å². The lowest BCUT2D eigenvalue weighted by Gasteiger charge is -2.47. The molecule has 3 aliphatic carbocycles. The first-order valence-corrected chi connectivity index (χ1v) is 34.9. The summed E-state index contributed by atoms with van der Waals surface area (Å²) < 4.78 is 57.6. The molecule has 12 rings (SSSR count). The zero-order valence-corrected chi connectivity index (χ0v) is 51.3. The van der Waals surface area contributed by atoms with Crippen LogP contribution in [-0.4, -0.2) is 160 Å². The first-order chi connectivity index (χ1) is 40.9. The molecule has 17 nitrogen and oxygen atoms in total. The fourth-order valence-corrected chi connectivity index (χ4v) is 15.1. The number of pyridine rings is 1. The van der Waals surface area contributed by atoms with Crippen molar-refractivity contribution < 1.29 is 46.9 Å². The number of halogens is 2. The number of piperidine rings is 2. The molecule has 4 aliphatic heterocycles. The Morgan fingerprint density at radius 3 is 2.31 bits per heavy atom. The number of carbonyl (C=O) groups is 4. The Bertz CT molecular complexity index is 3370. The van der Waals surface area contributed by atoms with E-state index in [1.807, 2.05) is 17.9 Å². The lowest BCUT2D eigenvalue weighted by atomic mass is 9.63. The maximum Gasteiger partial charge on any atom is 0.328 e. The number of nitrogens with zero attached hydrogens (tertiary/aromatic N) is 8. The monoisotopic (exact) mass is 1180 g/mol. The summed E-state index contributed by atoms with van der Waals surface area (Å²) in [7, 11) is 0.208. The lowest BCUT2D eigenvalue weighted by Crippen LogP contribution is -2.53. The number of urea groups is 1. The fourth-order valence-electron chi connectivity index (χ4n) is 14.4. The van der Waals surface area contributed by atoms with E-state index >= 15 is 8.78 Å². The van der Waals surface area contributed by atoms with Crippen LogP contribution in [0.15, 0.2) is 48.7 Å². The van der Waals surface area contributed by atoms with Crippen molar-refractivity contribution in [2.75, 3.05) is 109 Å². The van der Waals surface area contributed by atoms with Crippen molar-refractivity contribution >= 4 is 64.9 Å². The summed E-state index contributed by atoms with van der Waals surface area (Å²) in [6.07, 6.45) is 14.0. The summed E-state index contributed by atoms with van der Waals surface area (Å²) in [4.78, 5) is 76.9. The molecule has 1 N–H and O–H groups in total. The van der Waals surface area contributed by atoms with Crippen LogP contribution in [0.5, 0.6) is 17.5 Å². The highest BCUT2D eigenvalue weighted by atomic mass is 28.3. The number of ketones is 1. The summed E-state index contributed by atoms with van der Waals surface area (Å²) in [5.41, 5.74) is 1.69. The number of likely N-dealkylation sites (tertiary alicyclic amines) is 1. The number of hydrogen-bond acceptors (Lipinski definition) is 14. The zero-order chi connectivity index (χ0) is 59.3. The van der Waals surface area contributed by atoms with Gasteiger partial charge in [-0.2, -0.15) is 9.97 Å². The molecule has 7 fully saturated rings. The number of ether oxygens (including phenoxy) is 4. The third-order valence-corrected chi connectivity index (χ3v) is 21.8. The molecule has 7 aliphatic rings. The molecule has 2 aromatic heterocycles. The van der Waals surface area contributed by atoms with Crippen molar-refractivity contribution in [3.05, 3.63) is 71.4 Å². The second-order valence-electron chi connectivity index (χ2n) is 26.9. The first kappa shape index (κ1) is 59.0. The predicted octanol–water partition coefficient (Wildman–Crippen LogP) is 10.7. The molecule has 4 amide bonds. The maximum absolute atomic E-state index is 17.8. The maximum atomic E-state index is 17.8. The summed E-state index contributed by atoms with van der Waals surface area (Å²) in [6, 6.07) is 12.5. The summed E-state index contributed by atoms with van der Waals surface area (Å²) in [5, 5.41) is 4.06. The number of anilines is 2. The van der Waals surface area contributed by atoms with E-state index in [1.165, 1.54) is 43.8 Å². The molecular weight excluding hydrogens is 1100 g/mol. The molecule has 20 heteroatoms. The number of nitrogens with one attached hydrogen (secondary N) is 1. The van der Waals surface area contributed by atoms with Gasteiger partial charge in [0, 0.05) is 128 Å². The van der Waals surface area contributed by atoms with Crippen LogP contribution in [0.25, 0.3) is 32.9 Å². The minimum atomic E-state index is -1.32. The number of methoxy groups -OCH3 is 1. The van der Waals surface area contributed by atoms with Crippen LogP contribution in [-0.2, 0) is 20.7 Å². The molecule has 0 bridgehead atoms. The van der Waals surface area contributed by atoms with Crippen molar-refractivity contribution in [2.24, 2.45) is 22.2 Å². The average molecular weight is 1180 g/mol. The largest absolute Gasteiger partial charge is 0.495 e. The van der Waals surface area contributed by atoms with Gasteiger partial charge in [0.15, 0.2) is 12.6 Å². The number of piperazine rings is 1. The quantitative estimate of drug-likeness (QED) is 0.0470. The number of aromatic nitrogens is 3. The molecule has 3 saturated carbocycles. The molecule has 6 heterocycles. The molecule has 454 valence electrons. The van der Waals surface area contributed by atoms with Gasteiger partial charge in [-0.3, -0.25) is 29.6 Å². The highest BCUT2D eigenvalue weighted by molar-refractivity contribution is 6.76. The highest BCUT2D eigenvalue weighted by Gasteiger charge is 2.49. The van der Waals surface area contributed by atoms with Crippen LogP contribution in [0.4, 0.5) is 25.1 Å². The summed E-state index contributed by atoms with van der Waals surface area (Å²) >= 11 is 0. The number of imide groups is 1. The lowest BCUT2D eigenvalue weighted by molar-refractivity contribution is -0.138. The van der Waals surface area contributed by atoms with Gasteiger partial charge in [-0.15, -0.1) is 0 Å². The van der Waals surface area contributed by atoms with E-state index in [9.17, 15) is 19.2 Å². The second kappa shape index (κ2) is 24.1. The van der Waals surface area contributed by atoms with E-state index in [4.69, 9.17) is 33.9 Å². The Hall–Kier alpha value is -6.35. The zero-order valence-electron chi connectivity index (χ0n) is 50.3. The number of hydrogen-bond donors (Lipinski definition) is 1. The van der Waals surface area contributed by atoms with Gasteiger partial charge in [-0.05, 0) is 147 Å². The second-order valence-corrected chi connectivity index (χ2v) is 32.5. The van der Waals surface area contributed by atoms with Crippen LogP contribution < -0.4 is 29.3 Å². The topological polar surface area (TPSA) is 172 Å². The van der Waals surface area contributed by atoms with Crippen LogP contribution in [0, 0.1) is 33.8 Å². The van der Waals surface area contributed by atoms with Crippen molar-refractivity contribution in [1.82, 2.24) is 35.0 Å². The van der Waals surface area contributed by atoms with E-state index in [2.05, 4.69) is 39.7 Å². The number of amides is 4. The minimum Gasteiger partial charge on any atom is -0.495 e. The Labute approximate surface area is 498 Å². The number of carbonyl (C=O) groups excluding carboxylic acids is 4. The molecule has 85 heavy (non-hydrogen) atoms. The Balaban J connectivity index is 0.681. The van der Waals surface area contributed by atoms with Crippen LogP contribution >= 0.6 is 0 Å². The van der Waals surface area contributed by atoms with E-state index < -0.39 is 25.3 Å². The number of rotatable bonds is 19. The molecule has 1 atom stereocenters. The SMILES string of the molecule is CCc1c(F)ccc2cc(OCOCC[Si](C)(C)C)cc(-c3ncc4c(N5CCC[C@]6(CCC6=O)C5)nc(OCC5(CN6CCN(CC7CCC8(CC7)CCN(C(=O)c7ccc(OC)c(N9CCC(=O)NC9=O)c7)CC8)CC6)CC5)nc4c3F)c12. The molecular formula is C65H83F2N9O8Si. The van der Waals surface area contributed by atoms with Crippen molar-refractivity contribution in [3.8, 4) is 28.8 Å². The van der Waals surface area contributed by atoms with E-state index in [0.29, 0.717) is 114 Å². The number of Topliss-reactive ketones (excluding diaryl/α,β-unsaturated/α-hetero) is 1. The molecule has 5 aromatic rings. The highest BCUT2D eigenvalue weighted by Crippen LogP contribution is 2.50. The molecule has 4 saturated heterocycles. The fraction of sp³-hybridized carbons (Fsp3) is 0.585. The first-order valence-electron chi connectivity index (χ1n) is 31.2. The molecule has 0 radical (unpaired) electrons. The van der Waals surface area contributed by atoms with Crippen molar-refractivity contribution in [2.45, 2.75) is 123 Å². The minimum absolute atomic E-state index is 0.0183. The van der Waals surface area contributed by atoms with Crippen molar-refractivity contribution in [1.29, 1.82) is 0 Å². The van der Waals surface area contributed by atoms with Gasteiger partial charge in [0.1, 0.15) is 40.1 Å². The third kappa shape index (κ3) is 12.5. The Kier molecular flexibility index (Phi) is 16.7. The predicted molar refractivity (Wildman–Crippen MR) is 325 cm³/mol. The summed E-state index contributed by atoms with van der Waals surface area (Å²) in [5.74, 6) is 0.958. The van der Waals surface area contributed by atoms with Gasteiger partial charge in [-0.25, -0.2) is 13.6 Å². The standard InChI is InChI=1S/C65H83F2N9O8Si/c1-6-47-50(66)10-8-44-34-46(84-42-82-32-33-85(3,4)5)36-48(55(44)47)57-56(67)58-49(37-68-57)59(75-24-7-16-65(40-75)19-14-53(65)77)71-61(70-58)83-41-64(20-21-64)39-73-30-28-72(29-31-73)38-43-12-17-63(18-13-43)22-26-74(27-23-63)60(79)45-9-11-52(81-2)51(35-45)76-25-15-54(78)69-62(76)80/h8-11,34-37,43H,6-7,12-33,38-42H2,1-5H3,(H,69,78,80)/t65-/m0/s1. The van der Waals surface area contributed by atoms with Gasteiger partial charge >= 0.3 is 12.0 Å². The number of benzene rings is 3. The smallest absolute Gasteiger partial charge is 0.328 e. The normalized spacial score (nSPS) is 22.1. The van der Waals surface area contributed by atoms with E-state index in [1.54, 1.807) is 36.5 Å². The number of aryl methyl sites for hydroxylation is 1. The van der Waals surface area contributed by atoms with Gasteiger partial charge < -0.3 is 38.5 Å².